The highest BCUT2D eigenvalue weighted by molar-refractivity contribution is 8.21. The summed E-state index contributed by atoms with van der Waals surface area (Å²) in [6.07, 6.45) is 1.68. The second kappa shape index (κ2) is 1.67. The molecule has 3 heteroatoms. The lowest BCUT2D eigenvalue weighted by Gasteiger charge is -1.70. The Balaban J connectivity index is 3.51. The zero-order valence-electron chi connectivity index (χ0n) is 2.32. The van der Waals surface area contributed by atoms with Gasteiger partial charge in [-0.05, 0) is 0 Å². The van der Waals surface area contributed by atoms with Gasteiger partial charge < -0.3 is 14.0 Å². The van der Waals surface area contributed by atoms with Crippen molar-refractivity contribution in [3.63, 3.8) is 0 Å². The van der Waals surface area contributed by atoms with Gasteiger partial charge >= 0.3 is 0 Å². The number of rotatable bonds is 0. The minimum absolute atomic E-state index is 0.528. The third kappa shape index (κ3) is 32.5. The van der Waals surface area contributed by atoms with E-state index in [2.05, 4.69) is 11.2 Å². The first kappa shape index (κ1) is 4.37. The van der Waals surface area contributed by atoms with Gasteiger partial charge in [-0.2, -0.15) is 0 Å². The smallest absolute Gasteiger partial charge is 0.126 e. The molecule has 26 valence electrons. The summed E-state index contributed by atoms with van der Waals surface area (Å²) in [5.74, 6) is 0. The highest BCUT2D eigenvalue weighted by Gasteiger charge is 1.14. The van der Waals surface area contributed by atoms with E-state index in [1.54, 1.807) is 6.26 Å². The Kier molecular flexibility index (Phi) is 1.82. The molecular weight excluding hydrogens is 90.2 g/mol. The summed E-state index contributed by atoms with van der Waals surface area (Å²) in [4.78, 5) is 0. The van der Waals surface area contributed by atoms with E-state index in [9.17, 15) is 0 Å². The number of nitrogens with one attached hydrogen (secondary N) is 1. The van der Waals surface area contributed by atoms with Crippen molar-refractivity contribution in [2.45, 2.75) is 0 Å². The van der Waals surface area contributed by atoms with Crippen LogP contribution in [0.15, 0.2) is 0 Å². The summed E-state index contributed by atoms with van der Waals surface area (Å²) in [6, 6.07) is 0. The quantitative estimate of drug-likeness (QED) is 0.433. The van der Waals surface area contributed by atoms with Crippen LogP contribution in [-0.2, 0) is 20.4 Å². The van der Waals surface area contributed by atoms with Gasteiger partial charge in [-0.1, -0.05) is 0 Å². The van der Waals surface area contributed by atoms with Gasteiger partial charge in [0.15, 0.2) is 0 Å². The van der Waals surface area contributed by atoms with Crippen molar-refractivity contribution in [3.05, 3.63) is 0 Å². The molecule has 1 nitrogen and oxygen atoms in total. The van der Waals surface area contributed by atoms with Crippen LogP contribution in [0.25, 0.3) is 0 Å². The number of hydrogen-bond acceptors (Lipinski definition) is 3. The topological polar surface area (TPSA) is 23.9 Å². The molecular formula is CH4NS2-. The normalized spacial score (nSPS) is 8.50. The lowest BCUT2D eigenvalue weighted by Crippen LogP contribution is -1.46. The van der Waals surface area contributed by atoms with Crippen LogP contribution < -0.4 is 0 Å². The highest BCUT2D eigenvalue weighted by Crippen LogP contribution is 1.38. The summed E-state index contributed by atoms with van der Waals surface area (Å²) < 4.78 is 6.43. The van der Waals surface area contributed by atoms with E-state index < -0.39 is 9.25 Å². The first-order valence-electron chi connectivity index (χ1n) is 0.779. The molecule has 0 fully saturated rings. The molecule has 0 heterocycles. The zero-order chi connectivity index (χ0) is 3.58. The van der Waals surface area contributed by atoms with Gasteiger partial charge in [-0.15, -0.1) is 6.26 Å². The molecule has 0 aliphatic rings. The molecule has 4 heavy (non-hydrogen) atoms. The van der Waals surface area contributed by atoms with Crippen LogP contribution in [-0.4, -0.2) is 6.26 Å². The third-order valence-corrected chi connectivity index (χ3v) is 0. The molecule has 0 aromatic rings. The lowest BCUT2D eigenvalue weighted by atomic mass is 12.0. The van der Waals surface area contributed by atoms with Crippen molar-refractivity contribution in [2.24, 2.45) is 0 Å². The Labute approximate surface area is 32.2 Å². The fraction of sp³-hybridized carbons (Fsp3) is 1.00. The molecule has 0 aliphatic heterocycles. The largest absolute Gasteiger partial charge is 0.441 e. The minimum Gasteiger partial charge on any atom is -0.441 e. The van der Waals surface area contributed by atoms with Crippen LogP contribution in [0.1, 0.15) is 0 Å². The van der Waals surface area contributed by atoms with Crippen molar-refractivity contribution in [2.75, 3.05) is 6.26 Å². The van der Waals surface area contributed by atoms with E-state index in [4.69, 9.17) is 4.78 Å². The first-order valence-corrected chi connectivity index (χ1v) is 3.34. The average Bonchev–Trinajstić information content (AvgIpc) is 0.811. The molecule has 0 spiro atoms. The highest BCUT2D eigenvalue weighted by atomic mass is 32.8. The van der Waals surface area contributed by atoms with Crippen molar-refractivity contribution in [3.8, 4) is 0 Å². The van der Waals surface area contributed by atoms with Crippen LogP contribution in [0.2, 0.25) is 0 Å². The SMILES string of the molecule is C[S-](=N)=S. The van der Waals surface area contributed by atoms with Gasteiger partial charge in [0.2, 0.25) is 0 Å². The Bertz CT molecular complexity index is 54.4. The van der Waals surface area contributed by atoms with Gasteiger partial charge in [0.25, 0.3) is 0 Å². The van der Waals surface area contributed by atoms with E-state index in [0.717, 1.165) is 0 Å². The van der Waals surface area contributed by atoms with Crippen LogP contribution in [0.4, 0.5) is 0 Å². The molecule has 0 aromatic heterocycles. The summed E-state index contributed by atoms with van der Waals surface area (Å²) in [6.45, 7) is 0. The fourth-order valence-electron chi connectivity index (χ4n) is 0. The van der Waals surface area contributed by atoms with Crippen molar-refractivity contribution in [1.82, 2.24) is 0 Å². The molecule has 0 amide bonds. The summed E-state index contributed by atoms with van der Waals surface area (Å²) in [5, 5.41) is 0. The first-order chi connectivity index (χ1) is 1.73. The van der Waals surface area contributed by atoms with Crippen LogP contribution in [0, 0.1) is 4.78 Å². The average molecular weight is 94.2 g/mol. The maximum absolute atomic E-state index is 6.43. The van der Waals surface area contributed by atoms with E-state index in [0.29, 0.717) is 0 Å². The van der Waals surface area contributed by atoms with Crippen LogP contribution >= 0.6 is 0 Å². The van der Waals surface area contributed by atoms with E-state index in [1.165, 1.54) is 0 Å². The van der Waals surface area contributed by atoms with Gasteiger partial charge in [0.05, 0.1) is 0 Å². The van der Waals surface area contributed by atoms with Crippen molar-refractivity contribution < 1.29 is 0 Å². The monoisotopic (exact) mass is 94.0 g/mol. The Morgan fingerprint density at radius 3 is 2.00 bits per heavy atom. The predicted molar refractivity (Wildman–Crippen MR) is 23.4 cm³/mol. The van der Waals surface area contributed by atoms with Gasteiger partial charge in [0, 0.05) is 0 Å². The Hall–Kier alpha value is 0.370. The molecule has 0 radical (unpaired) electrons. The number of hydrogen-bond donors (Lipinski definition) is 1. The molecule has 0 bridgehead atoms. The van der Waals surface area contributed by atoms with E-state index in [-0.39, 0.29) is 0 Å². The maximum Gasteiger partial charge on any atom is -0.126 e. The molecule has 0 atom stereocenters. The van der Waals surface area contributed by atoms with Crippen LogP contribution in [0.3, 0.4) is 0 Å². The predicted octanol–water partition coefficient (Wildman–Crippen LogP) is 0.459. The molecule has 0 aliphatic carbocycles. The molecule has 1 N–H and O–H groups in total. The lowest BCUT2D eigenvalue weighted by molar-refractivity contribution is 1.65. The Morgan fingerprint density at radius 1 is 2.00 bits per heavy atom. The van der Waals surface area contributed by atoms with Crippen LogP contribution in [0.5, 0.6) is 0 Å². The zero-order valence-corrected chi connectivity index (χ0v) is 3.95. The second-order valence-corrected chi connectivity index (χ2v) is 2.86. The fourth-order valence-corrected chi connectivity index (χ4v) is 0. The molecule has 0 unspecified atom stereocenters. The maximum atomic E-state index is 6.43. The second-order valence-electron chi connectivity index (χ2n) is 0.454. The molecule has 0 saturated heterocycles. The molecule has 0 rings (SSSR count). The summed E-state index contributed by atoms with van der Waals surface area (Å²) >= 11 is 4.31. The third-order valence-electron chi connectivity index (χ3n) is 0. The van der Waals surface area contributed by atoms with Gasteiger partial charge in [-0.3, -0.25) is 11.2 Å². The molecule has 0 aromatic carbocycles. The minimum atomic E-state index is -0.528. The van der Waals surface area contributed by atoms with E-state index in [1.807, 2.05) is 0 Å². The summed E-state index contributed by atoms with van der Waals surface area (Å²) in [7, 11) is -0.528. The van der Waals surface area contributed by atoms with Crippen molar-refractivity contribution >= 4 is 20.4 Å². The summed E-state index contributed by atoms with van der Waals surface area (Å²) in [5.41, 5.74) is 0. The van der Waals surface area contributed by atoms with Crippen molar-refractivity contribution in [1.29, 1.82) is 4.78 Å². The van der Waals surface area contributed by atoms with E-state index >= 15 is 0 Å². The Morgan fingerprint density at radius 2 is 2.00 bits per heavy atom. The van der Waals surface area contributed by atoms with Gasteiger partial charge in [0.1, 0.15) is 0 Å². The molecule has 0 saturated carbocycles. The van der Waals surface area contributed by atoms with Gasteiger partial charge in [-0.25, -0.2) is 0 Å². The standard InChI is InChI=1S/CH4NS2/c1-4(2)3/h2H,1H3/q-1.